The molecular weight excluding hydrogens is 274 g/mol. The van der Waals surface area contributed by atoms with Gasteiger partial charge in [-0.2, -0.15) is 0 Å². The predicted molar refractivity (Wildman–Crippen MR) is 85.1 cm³/mol. The first-order valence-electron chi connectivity index (χ1n) is 7.23. The van der Waals surface area contributed by atoms with E-state index in [0.29, 0.717) is 12.5 Å². The molecular formula is C16H26ClNO2. The van der Waals surface area contributed by atoms with Crippen LogP contribution in [0, 0.1) is 5.41 Å². The summed E-state index contributed by atoms with van der Waals surface area (Å²) in [4.78, 5) is 0. The van der Waals surface area contributed by atoms with Crippen LogP contribution in [0.5, 0.6) is 11.5 Å². The van der Waals surface area contributed by atoms with E-state index in [0.717, 1.165) is 37.4 Å². The highest BCUT2D eigenvalue weighted by atomic mass is 35.5. The molecule has 0 saturated heterocycles. The lowest BCUT2D eigenvalue weighted by Gasteiger charge is -2.29. The molecule has 3 nitrogen and oxygen atoms in total. The molecule has 0 aromatic heterocycles. The number of hydrogen-bond acceptors (Lipinski definition) is 3. The molecule has 0 amide bonds. The molecule has 0 saturated carbocycles. The summed E-state index contributed by atoms with van der Waals surface area (Å²) in [5.41, 5.74) is 0.210. The van der Waals surface area contributed by atoms with Crippen LogP contribution in [-0.2, 0) is 0 Å². The van der Waals surface area contributed by atoms with Crippen LogP contribution in [0.3, 0.4) is 0 Å². The lowest BCUT2D eigenvalue weighted by Crippen LogP contribution is -2.36. The summed E-state index contributed by atoms with van der Waals surface area (Å²) < 4.78 is 10.8. The maximum Gasteiger partial charge on any atom is 0.119 e. The monoisotopic (exact) mass is 299 g/mol. The minimum atomic E-state index is 0.210. The highest BCUT2D eigenvalue weighted by Crippen LogP contribution is 2.26. The molecule has 0 unspecified atom stereocenters. The molecule has 1 aromatic carbocycles. The molecule has 4 heteroatoms. The van der Waals surface area contributed by atoms with E-state index in [9.17, 15) is 0 Å². The largest absolute Gasteiger partial charge is 0.497 e. The SMILES string of the molecule is CCC(CC)(CCl)CNCCOc1ccc(OC)cc1. The topological polar surface area (TPSA) is 30.5 Å². The van der Waals surface area contributed by atoms with Gasteiger partial charge in [-0.05, 0) is 42.5 Å². The van der Waals surface area contributed by atoms with E-state index in [-0.39, 0.29) is 5.41 Å². The van der Waals surface area contributed by atoms with Crippen LogP contribution in [0.4, 0.5) is 0 Å². The molecule has 0 aliphatic carbocycles. The first-order valence-corrected chi connectivity index (χ1v) is 7.76. The predicted octanol–water partition coefficient (Wildman–Crippen LogP) is 3.71. The van der Waals surface area contributed by atoms with Crippen molar-refractivity contribution in [3.63, 3.8) is 0 Å². The summed E-state index contributed by atoms with van der Waals surface area (Å²) in [6, 6.07) is 7.63. The summed E-state index contributed by atoms with van der Waals surface area (Å²) in [5.74, 6) is 2.40. The Morgan fingerprint density at radius 1 is 1.10 bits per heavy atom. The van der Waals surface area contributed by atoms with Gasteiger partial charge < -0.3 is 14.8 Å². The van der Waals surface area contributed by atoms with Crippen LogP contribution in [0.15, 0.2) is 24.3 Å². The van der Waals surface area contributed by atoms with Gasteiger partial charge in [0.05, 0.1) is 7.11 Å². The zero-order valence-electron chi connectivity index (χ0n) is 12.7. The van der Waals surface area contributed by atoms with Crippen molar-refractivity contribution in [3.05, 3.63) is 24.3 Å². The fraction of sp³-hybridized carbons (Fsp3) is 0.625. The second-order valence-electron chi connectivity index (χ2n) is 5.04. The van der Waals surface area contributed by atoms with Crippen LogP contribution in [0.1, 0.15) is 26.7 Å². The molecule has 0 atom stereocenters. The Morgan fingerprint density at radius 2 is 1.70 bits per heavy atom. The van der Waals surface area contributed by atoms with Crippen molar-refractivity contribution in [2.75, 3.05) is 32.7 Å². The molecule has 1 aromatic rings. The molecule has 0 fully saturated rings. The fourth-order valence-corrected chi connectivity index (χ4v) is 2.48. The molecule has 0 radical (unpaired) electrons. The van der Waals surface area contributed by atoms with Gasteiger partial charge in [0.1, 0.15) is 18.1 Å². The Bertz CT molecular complexity index is 355. The molecule has 0 aliphatic rings. The van der Waals surface area contributed by atoms with Crippen molar-refractivity contribution in [2.45, 2.75) is 26.7 Å². The average molecular weight is 300 g/mol. The number of benzene rings is 1. The number of nitrogens with one attached hydrogen (secondary N) is 1. The Labute approximate surface area is 127 Å². The van der Waals surface area contributed by atoms with E-state index in [4.69, 9.17) is 21.1 Å². The summed E-state index contributed by atoms with van der Waals surface area (Å²) in [6.07, 6.45) is 2.19. The van der Waals surface area contributed by atoms with Gasteiger partial charge in [-0.1, -0.05) is 13.8 Å². The van der Waals surface area contributed by atoms with Crippen molar-refractivity contribution in [1.29, 1.82) is 0 Å². The molecule has 1 rings (SSSR count). The Balaban J connectivity index is 2.24. The number of ether oxygens (including phenoxy) is 2. The zero-order chi connectivity index (χ0) is 14.8. The standard InChI is InChI=1S/C16H26ClNO2/c1-4-16(5-2,12-17)13-18-10-11-20-15-8-6-14(19-3)7-9-15/h6-9,18H,4-5,10-13H2,1-3H3. The van der Waals surface area contributed by atoms with E-state index < -0.39 is 0 Å². The minimum absolute atomic E-state index is 0.210. The zero-order valence-corrected chi connectivity index (χ0v) is 13.5. The van der Waals surface area contributed by atoms with E-state index in [1.54, 1.807) is 7.11 Å². The van der Waals surface area contributed by atoms with Crippen LogP contribution >= 0.6 is 11.6 Å². The smallest absolute Gasteiger partial charge is 0.119 e. The summed E-state index contributed by atoms with van der Waals surface area (Å²) in [6.45, 7) is 6.81. The number of rotatable bonds is 10. The highest BCUT2D eigenvalue weighted by Gasteiger charge is 2.24. The molecule has 114 valence electrons. The van der Waals surface area contributed by atoms with Gasteiger partial charge in [0.15, 0.2) is 0 Å². The maximum absolute atomic E-state index is 6.08. The van der Waals surface area contributed by atoms with Gasteiger partial charge in [0.2, 0.25) is 0 Å². The summed E-state index contributed by atoms with van der Waals surface area (Å²) in [5, 5.41) is 3.44. The Morgan fingerprint density at radius 3 is 2.20 bits per heavy atom. The van der Waals surface area contributed by atoms with Crippen LogP contribution in [0.25, 0.3) is 0 Å². The maximum atomic E-state index is 6.08. The minimum Gasteiger partial charge on any atom is -0.497 e. The van der Waals surface area contributed by atoms with Crippen molar-refractivity contribution in [3.8, 4) is 11.5 Å². The molecule has 20 heavy (non-hydrogen) atoms. The number of halogens is 1. The normalized spacial score (nSPS) is 11.4. The summed E-state index contributed by atoms with van der Waals surface area (Å²) in [7, 11) is 1.66. The van der Waals surface area contributed by atoms with E-state index >= 15 is 0 Å². The first kappa shape index (κ1) is 17.1. The number of alkyl halides is 1. The second-order valence-corrected chi connectivity index (χ2v) is 5.31. The van der Waals surface area contributed by atoms with Gasteiger partial charge in [-0.15, -0.1) is 11.6 Å². The van der Waals surface area contributed by atoms with E-state index in [2.05, 4.69) is 19.2 Å². The summed E-state index contributed by atoms with van der Waals surface area (Å²) >= 11 is 6.08. The first-order chi connectivity index (χ1) is 9.69. The Kier molecular flexibility index (Phi) is 7.78. The third kappa shape index (κ3) is 5.22. The van der Waals surface area contributed by atoms with E-state index in [1.807, 2.05) is 24.3 Å². The van der Waals surface area contributed by atoms with Crippen LogP contribution in [0.2, 0.25) is 0 Å². The van der Waals surface area contributed by atoms with Gasteiger partial charge in [-0.3, -0.25) is 0 Å². The number of hydrogen-bond donors (Lipinski definition) is 1. The van der Waals surface area contributed by atoms with Crippen molar-refractivity contribution in [2.24, 2.45) is 5.41 Å². The average Bonchev–Trinajstić information content (AvgIpc) is 2.52. The van der Waals surface area contributed by atoms with Crippen LogP contribution in [-0.4, -0.2) is 32.7 Å². The van der Waals surface area contributed by atoms with Gasteiger partial charge in [0.25, 0.3) is 0 Å². The highest BCUT2D eigenvalue weighted by molar-refractivity contribution is 6.18. The van der Waals surface area contributed by atoms with Gasteiger partial charge >= 0.3 is 0 Å². The molecule has 0 heterocycles. The second kappa shape index (κ2) is 9.09. The lowest BCUT2D eigenvalue weighted by molar-refractivity contribution is 0.263. The third-order valence-electron chi connectivity index (χ3n) is 3.89. The van der Waals surface area contributed by atoms with Crippen molar-refractivity contribution in [1.82, 2.24) is 5.32 Å². The molecule has 0 aliphatic heterocycles. The van der Waals surface area contributed by atoms with Gasteiger partial charge in [0, 0.05) is 19.0 Å². The number of methoxy groups -OCH3 is 1. The molecule has 1 N–H and O–H groups in total. The Hall–Kier alpha value is -0.930. The lowest BCUT2D eigenvalue weighted by atomic mass is 9.84. The van der Waals surface area contributed by atoms with Gasteiger partial charge in [-0.25, -0.2) is 0 Å². The third-order valence-corrected chi connectivity index (χ3v) is 4.46. The molecule has 0 spiro atoms. The van der Waals surface area contributed by atoms with Crippen molar-refractivity contribution >= 4 is 11.6 Å². The molecule has 0 bridgehead atoms. The van der Waals surface area contributed by atoms with E-state index in [1.165, 1.54) is 0 Å². The quantitative estimate of drug-likeness (QED) is 0.528. The fourth-order valence-electron chi connectivity index (χ4n) is 2.00. The van der Waals surface area contributed by atoms with Crippen LogP contribution < -0.4 is 14.8 Å². The van der Waals surface area contributed by atoms with Crippen molar-refractivity contribution < 1.29 is 9.47 Å².